The number of aliphatic imine (C=N–C) groups is 1. The van der Waals surface area contributed by atoms with Crippen LogP contribution in [0.15, 0.2) is 23.2 Å². The zero-order valence-electron chi connectivity index (χ0n) is 12.9. The Morgan fingerprint density at radius 2 is 2.38 bits per heavy atom. The predicted octanol–water partition coefficient (Wildman–Crippen LogP) is 2.39. The Labute approximate surface area is 150 Å². The normalized spacial score (nSPS) is 18.6. The number of thioether (sulfide) groups is 1. The fourth-order valence-electron chi connectivity index (χ4n) is 2.10. The summed E-state index contributed by atoms with van der Waals surface area (Å²) in [6, 6.07) is 4.93. The second kappa shape index (κ2) is 7.73. The van der Waals surface area contributed by atoms with E-state index in [-0.39, 0.29) is 0 Å². The molecule has 3 rings (SSSR count). The highest BCUT2D eigenvalue weighted by molar-refractivity contribution is 8.15. The molecule has 0 amide bonds. The van der Waals surface area contributed by atoms with Gasteiger partial charge >= 0.3 is 5.97 Å². The molecule has 128 valence electrons. The van der Waals surface area contributed by atoms with Crippen LogP contribution < -0.4 is 4.74 Å². The number of carboxylic acids is 1. The Morgan fingerprint density at radius 3 is 3.08 bits per heavy atom. The number of hydrogen-bond donors (Lipinski definition) is 1. The molecule has 1 aromatic heterocycles. The molecule has 2 heterocycles. The number of nitrogens with zero attached hydrogens (tertiary/aromatic N) is 2. The molecule has 0 saturated carbocycles. The van der Waals surface area contributed by atoms with Crippen LogP contribution in [0.4, 0.5) is 0 Å². The third-order valence-electron chi connectivity index (χ3n) is 3.38. The number of thiazole rings is 1. The molecule has 0 aliphatic carbocycles. The van der Waals surface area contributed by atoms with Gasteiger partial charge in [-0.25, -0.2) is 9.78 Å². The van der Waals surface area contributed by atoms with Gasteiger partial charge in [0.05, 0.1) is 10.2 Å². The topological polar surface area (TPSA) is 94.8 Å². The molecule has 1 aliphatic rings. The highest BCUT2D eigenvalue weighted by Gasteiger charge is 2.26. The van der Waals surface area contributed by atoms with Gasteiger partial charge in [0.15, 0.2) is 6.04 Å². The van der Waals surface area contributed by atoms with Gasteiger partial charge in [-0.15, -0.1) is 23.1 Å². The fourth-order valence-corrected chi connectivity index (χ4v) is 4.75. The summed E-state index contributed by atoms with van der Waals surface area (Å²) in [5, 5.41) is 10.4. The maximum Gasteiger partial charge on any atom is 0.329 e. The van der Waals surface area contributed by atoms with E-state index in [9.17, 15) is 9.35 Å². The van der Waals surface area contributed by atoms with Crippen molar-refractivity contribution in [3.05, 3.63) is 23.2 Å². The summed E-state index contributed by atoms with van der Waals surface area (Å²) in [7, 11) is 0. The van der Waals surface area contributed by atoms with E-state index in [0.29, 0.717) is 28.9 Å². The summed E-state index contributed by atoms with van der Waals surface area (Å²) < 4.78 is 18.0. The van der Waals surface area contributed by atoms with Crippen molar-refractivity contribution in [1.82, 2.24) is 4.98 Å². The number of carbonyl (C=O) groups is 1. The second-order valence-electron chi connectivity index (χ2n) is 5.03. The molecule has 6 nitrogen and oxygen atoms in total. The highest BCUT2D eigenvalue weighted by Crippen LogP contribution is 2.31. The zero-order valence-corrected chi connectivity index (χ0v) is 15.4. The Kier molecular flexibility index (Phi) is 5.65. The van der Waals surface area contributed by atoms with Crippen LogP contribution in [0.5, 0.6) is 5.75 Å². The van der Waals surface area contributed by atoms with E-state index >= 15 is 0 Å². The zero-order chi connectivity index (χ0) is 17.1. The van der Waals surface area contributed by atoms with E-state index in [2.05, 4.69) is 9.98 Å². The molecule has 0 saturated heterocycles. The SMILES string of the molecule is CC[S+]([O-])CCOc1ccc2nc(C3=N[C@@H](C(=O)O)CS3)sc2c1. The van der Waals surface area contributed by atoms with Crippen molar-refractivity contribution in [2.75, 3.05) is 23.9 Å². The minimum atomic E-state index is -0.904. The Morgan fingerprint density at radius 1 is 1.54 bits per heavy atom. The molecule has 2 atom stereocenters. The van der Waals surface area contributed by atoms with Crippen molar-refractivity contribution in [3.63, 3.8) is 0 Å². The molecule has 0 radical (unpaired) electrons. The lowest BCUT2D eigenvalue weighted by Crippen LogP contribution is -2.17. The minimum absolute atomic E-state index is 0.417. The monoisotopic (exact) mass is 384 g/mol. The highest BCUT2D eigenvalue weighted by atomic mass is 32.2. The first-order chi connectivity index (χ1) is 11.6. The van der Waals surface area contributed by atoms with Gasteiger partial charge in [-0.05, 0) is 25.1 Å². The summed E-state index contributed by atoms with van der Waals surface area (Å²) in [5.41, 5.74) is 0.835. The lowest BCUT2D eigenvalue weighted by molar-refractivity contribution is -0.137. The van der Waals surface area contributed by atoms with Crippen LogP contribution in [0.3, 0.4) is 0 Å². The first-order valence-corrected chi connectivity index (χ1v) is 10.7. The average Bonchev–Trinajstić information content (AvgIpc) is 3.20. The van der Waals surface area contributed by atoms with Crippen LogP contribution >= 0.6 is 23.1 Å². The van der Waals surface area contributed by atoms with Gasteiger partial charge in [0.1, 0.15) is 33.9 Å². The molecule has 1 N–H and O–H groups in total. The summed E-state index contributed by atoms with van der Waals surface area (Å²) in [5.74, 6) is 1.42. The van der Waals surface area contributed by atoms with Gasteiger partial charge in [-0.1, -0.05) is 11.2 Å². The standard InChI is InChI=1S/C15H16N2O4S3/c1-2-24(20)6-5-21-9-3-4-10-12(7-9)23-14(16-10)13-17-11(8-22-13)15(18)19/h3-4,7,11H,2,5-6,8H2,1H3,(H,18,19)/t11-,24?/m1/s1. The van der Waals surface area contributed by atoms with Gasteiger partial charge in [0.25, 0.3) is 0 Å². The van der Waals surface area contributed by atoms with Crippen molar-refractivity contribution in [2.45, 2.75) is 13.0 Å². The van der Waals surface area contributed by atoms with Crippen LogP contribution in [0, 0.1) is 0 Å². The third kappa shape index (κ3) is 4.02. The summed E-state index contributed by atoms with van der Waals surface area (Å²) in [4.78, 5) is 19.7. The van der Waals surface area contributed by atoms with Crippen molar-refractivity contribution in [2.24, 2.45) is 4.99 Å². The van der Waals surface area contributed by atoms with E-state index < -0.39 is 23.2 Å². The summed E-state index contributed by atoms with van der Waals surface area (Å²) >= 11 is 2.06. The molecule has 24 heavy (non-hydrogen) atoms. The largest absolute Gasteiger partial charge is 0.616 e. The Bertz CT molecular complexity index is 777. The van der Waals surface area contributed by atoms with Gasteiger partial charge in [-0.2, -0.15) is 0 Å². The van der Waals surface area contributed by atoms with Crippen LogP contribution in [0.1, 0.15) is 11.9 Å². The Hall–Kier alpha value is -1.29. The molecular weight excluding hydrogens is 368 g/mol. The van der Waals surface area contributed by atoms with Crippen molar-refractivity contribution >= 4 is 55.5 Å². The quantitative estimate of drug-likeness (QED) is 0.737. The first-order valence-electron chi connectivity index (χ1n) is 7.39. The molecule has 9 heteroatoms. The Balaban J connectivity index is 1.72. The summed E-state index contributed by atoms with van der Waals surface area (Å²) in [6.45, 7) is 2.31. The molecular formula is C15H16N2O4S3. The second-order valence-corrected chi connectivity index (χ2v) is 8.93. The molecule has 1 aliphatic heterocycles. The van der Waals surface area contributed by atoms with Crippen LogP contribution in [-0.2, 0) is 16.0 Å². The predicted molar refractivity (Wildman–Crippen MR) is 99.1 cm³/mol. The lowest BCUT2D eigenvalue weighted by atomic mass is 10.3. The van der Waals surface area contributed by atoms with E-state index in [1.807, 2.05) is 25.1 Å². The number of ether oxygens (including phenoxy) is 1. The van der Waals surface area contributed by atoms with Gasteiger partial charge in [0, 0.05) is 5.75 Å². The molecule has 1 unspecified atom stereocenters. The molecule has 0 fully saturated rings. The van der Waals surface area contributed by atoms with Crippen molar-refractivity contribution in [1.29, 1.82) is 0 Å². The smallest absolute Gasteiger partial charge is 0.329 e. The number of aliphatic carboxylic acids is 1. The van der Waals surface area contributed by atoms with Crippen molar-refractivity contribution < 1.29 is 19.2 Å². The maximum absolute atomic E-state index is 11.4. The minimum Gasteiger partial charge on any atom is -0.616 e. The van der Waals surface area contributed by atoms with Crippen LogP contribution in [0.25, 0.3) is 10.2 Å². The van der Waals surface area contributed by atoms with Gasteiger partial charge in [0.2, 0.25) is 0 Å². The van der Waals surface area contributed by atoms with Crippen molar-refractivity contribution in [3.8, 4) is 5.75 Å². The third-order valence-corrected chi connectivity index (χ3v) is 6.86. The van der Waals surface area contributed by atoms with E-state index in [1.165, 1.54) is 23.1 Å². The van der Waals surface area contributed by atoms with Crippen LogP contribution in [0.2, 0.25) is 0 Å². The molecule has 0 spiro atoms. The van der Waals surface area contributed by atoms with E-state index in [4.69, 9.17) is 9.84 Å². The number of carboxylic acid groups (broad SMARTS) is 1. The number of benzene rings is 1. The van der Waals surface area contributed by atoms with Gasteiger partial charge < -0.3 is 14.4 Å². The molecule has 0 bridgehead atoms. The number of aromatic nitrogens is 1. The molecule has 2 aromatic rings. The number of fused-ring (bicyclic) bond motifs is 1. The van der Waals surface area contributed by atoms with Gasteiger partial charge in [-0.3, -0.25) is 4.99 Å². The maximum atomic E-state index is 11.4. The summed E-state index contributed by atoms with van der Waals surface area (Å²) in [6.07, 6.45) is 0. The van der Waals surface area contributed by atoms with Crippen LogP contribution in [-0.4, -0.2) is 55.6 Å². The molecule has 1 aromatic carbocycles. The fraction of sp³-hybridized carbons (Fsp3) is 0.400. The lowest BCUT2D eigenvalue weighted by Gasteiger charge is -2.09. The van der Waals surface area contributed by atoms with E-state index in [0.717, 1.165) is 21.0 Å². The van der Waals surface area contributed by atoms with E-state index in [1.54, 1.807) is 0 Å². The average molecular weight is 385 g/mol. The first kappa shape index (κ1) is 17.5. The number of rotatable bonds is 7. The number of hydrogen-bond acceptors (Lipinski definition) is 7.